The second kappa shape index (κ2) is 9.83. The summed E-state index contributed by atoms with van der Waals surface area (Å²) in [6.45, 7) is 4.08. The van der Waals surface area contributed by atoms with Gasteiger partial charge in [0, 0.05) is 11.6 Å². The number of carbonyl (C=O) groups excluding carboxylic acids is 2. The van der Waals surface area contributed by atoms with Gasteiger partial charge in [0.15, 0.2) is 17.6 Å². The second-order valence-corrected chi connectivity index (χ2v) is 6.06. The fraction of sp³-hybridized carbons (Fsp3) is 0.300. The average molecular weight is 392 g/mol. The maximum Gasteiger partial charge on any atom is 0.339 e. The van der Waals surface area contributed by atoms with E-state index in [9.17, 15) is 9.59 Å². The van der Waals surface area contributed by atoms with Crippen LogP contribution in [0.15, 0.2) is 42.5 Å². The summed E-state index contributed by atoms with van der Waals surface area (Å²) in [7, 11) is 1.48. The first-order valence-corrected chi connectivity index (χ1v) is 8.87. The van der Waals surface area contributed by atoms with Crippen molar-refractivity contribution in [2.75, 3.05) is 13.7 Å². The Labute approximate surface area is 163 Å². The number of hydrogen-bond donors (Lipinski definition) is 1. The lowest BCUT2D eigenvalue weighted by molar-refractivity contribution is -0.129. The molecule has 0 spiro atoms. The molecule has 1 N–H and O–H groups in total. The zero-order valence-electron chi connectivity index (χ0n) is 15.5. The highest BCUT2D eigenvalue weighted by Gasteiger charge is 2.20. The van der Waals surface area contributed by atoms with Crippen LogP contribution in [0, 0.1) is 0 Å². The molecule has 0 saturated carbocycles. The molecule has 0 aromatic heterocycles. The molecule has 7 heteroatoms. The minimum absolute atomic E-state index is 0.247. The molecule has 0 aliphatic heterocycles. The Balaban J connectivity index is 1.96. The van der Waals surface area contributed by atoms with Crippen molar-refractivity contribution in [3.8, 4) is 11.5 Å². The summed E-state index contributed by atoms with van der Waals surface area (Å²) in [4.78, 5) is 24.5. The van der Waals surface area contributed by atoms with E-state index in [-0.39, 0.29) is 12.1 Å². The van der Waals surface area contributed by atoms with Crippen molar-refractivity contribution >= 4 is 23.5 Å². The van der Waals surface area contributed by atoms with Gasteiger partial charge in [-0.3, -0.25) is 4.79 Å². The maximum atomic E-state index is 12.3. The monoisotopic (exact) mass is 391 g/mol. The van der Waals surface area contributed by atoms with Crippen LogP contribution in [0.1, 0.15) is 29.8 Å². The molecule has 0 aliphatic rings. The smallest absolute Gasteiger partial charge is 0.339 e. The van der Waals surface area contributed by atoms with Gasteiger partial charge in [-0.1, -0.05) is 29.8 Å². The minimum atomic E-state index is -0.961. The molecule has 0 bridgehead atoms. The molecule has 0 saturated heterocycles. The molecular formula is C20H22ClNO5. The molecule has 0 aliphatic carbocycles. The predicted octanol–water partition coefficient (Wildman–Crippen LogP) is 3.61. The molecule has 27 heavy (non-hydrogen) atoms. The first kappa shape index (κ1) is 20.6. The summed E-state index contributed by atoms with van der Waals surface area (Å²) in [6, 6.07) is 11.9. The number of methoxy groups -OCH3 is 1. The number of nitrogens with one attached hydrogen (secondary N) is 1. The van der Waals surface area contributed by atoms with Crippen LogP contribution in [0.3, 0.4) is 0 Å². The van der Waals surface area contributed by atoms with E-state index in [0.29, 0.717) is 23.1 Å². The van der Waals surface area contributed by atoms with Gasteiger partial charge in [-0.25, -0.2) is 4.79 Å². The number of amides is 1. The van der Waals surface area contributed by atoms with Crippen LogP contribution in [-0.4, -0.2) is 31.7 Å². The van der Waals surface area contributed by atoms with Crippen molar-refractivity contribution in [3.05, 3.63) is 58.6 Å². The number of carbonyl (C=O) groups is 2. The first-order chi connectivity index (χ1) is 13.0. The Hall–Kier alpha value is -2.73. The van der Waals surface area contributed by atoms with E-state index in [4.69, 9.17) is 25.8 Å². The van der Waals surface area contributed by atoms with Crippen LogP contribution < -0.4 is 14.8 Å². The summed E-state index contributed by atoms with van der Waals surface area (Å²) in [6.07, 6.45) is -0.961. The summed E-state index contributed by atoms with van der Waals surface area (Å²) in [5.74, 6) is -0.0953. The predicted molar refractivity (Wildman–Crippen MR) is 102 cm³/mol. The Morgan fingerprint density at radius 3 is 2.56 bits per heavy atom. The molecule has 2 aromatic rings. The fourth-order valence-corrected chi connectivity index (χ4v) is 2.52. The van der Waals surface area contributed by atoms with Gasteiger partial charge in [0.05, 0.1) is 19.3 Å². The molecule has 0 unspecified atom stereocenters. The zero-order chi connectivity index (χ0) is 19.8. The van der Waals surface area contributed by atoms with E-state index >= 15 is 0 Å². The molecule has 144 valence electrons. The van der Waals surface area contributed by atoms with Crippen LogP contribution in [-0.2, 0) is 16.1 Å². The Kier molecular flexibility index (Phi) is 7.49. The number of benzene rings is 2. The highest BCUT2D eigenvalue weighted by atomic mass is 35.5. The van der Waals surface area contributed by atoms with Gasteiger partial charge in [-0.15, -0.1) is 0 Å². The minimum Gasteiger partial charge on any atom is -0.493 e. The molecule has 0 heterocycles. The van der Waals surface area contributed by atoms with Gasteiger partial charge in [0.25, 0.3) is 5.91 Å². The van der Waals surface area contributed by atoms with Crippen LogP contribution in [0.5, 0.6) is 11.5 Å². The van der Waals surface area contributed by atoms with Crippen molar-refractivity contribution in [1.29, 1.82) is 0 Å². The molecule has 1 amide bonds. The molecule has 1 atom stereocenters. The lowest BCUT2D eigenvalue weighted by Gasteiger charge is -2.15. The van der Waals surface area contributed by atoms with Crippen LogP contribution in [0.2, 0.25) is 5.02 Å². The maximum absolute atomic E-state index is 12.3. The topological polar surface area (TPSA) is 73.9 Å². The largest absolute Gasteiger partial charge is 0.493 e. The van der Waals surface area contributed by atoms with E-state index in [1.807, 2.05) is 25.1 Å². The molecule has 0 fully saturated rings. The van der Waals surface area contributed by atoms with Gasteiger partial charge < -0.3 is 19.5 Å². The molecule has 6 nitrogen and oxygen atoms in total. The highest BCUT2D eigenvalue weighted by molar-refractivity contribution is 6.31. The second-order valence-electron chi connectivity index (χ2n) is 5.66. The lowest BCUT2D eigenvalue weighted by atomic mass is 10.2. The van der Waals surface area contributed by atoms with Crippen molar-refractivity contribution in [2.24, 2.45) is 0 Å². The van der Waals surface area contributed by atoms with Gasteiger partial charge in [-0.05, 0) is 43.7 Å². The fourth-order valence-electron chi connectivity index (χ4n) is 2.32. The van der Waals surface area contributed by atoms with E-state index in [1.54, 1.807) is 18.2 Å². The number of halogens is 1. The number of ether oxygens (including phenoxy) is 3. The normalized spacial score (nSPS) is 11.4. The lowest BCUT2D eigenvalue weighted by Crippen LogP contribution is -2.35. The van der Waals surface area contributed by atoms with E-state index < -0.39 is 18.0 Å². The average Bonchev–Trinajstić information content (AvgIpc) is 2.67. The van der Waals surface area contributed by atoms with Gasteiger partial charge in [0.1, 0.15) is 0 Å². The molecule has 2 rings (SSSR count). The Morgan fingerprint density at radius 1 is 1.15 bits per heavy atom. The van der Waals surface area contributed by atoms with Crippen molar-refractivity contribution in [3.63, 3.8) is 0 Å². The van der Waals surface area contributed by atoms with Gasteiger partial charge in [0.2, 0.25) is 0 Å². The number of rotatable bonds is 8. The van der Waals surface area contributed by atoms with Gasteiger partial charge >= 0.3 is 5.97 Å². The zero-order valence-corrected chi connectivity index (χ0v) is 16.2. The van der Waals surface area contributed by atoms with E-state index in [1.165, 1.54) is 20.1 Å². The summed E-state index contributed by atoms with van der Waals surface area (Å²) >= 11 is 6.06. The quantitative estimate of drug-likeness (QED) is 0.696. The van der Waals surface area contributed by atoms with Crippen molar-refractivity contribution in [2.45, 2.75) is 26.5 Å². The SMILES string of the molecule is CCOc1ccc(C(=O)O[C@H](C)C(=O)NCc2ccccc2Cl)cc1OC. The first-order valence-electron chi connectivity index (χ1n) is 8.49. The summed E-state index contributed by atoms with van der Waals surface area (Å²) in [5, 5.41) is 3.26. The Morgan fingerprint density at radius 2 is 1.89 bits per heavy atom. The van der Waals surface area contributed by atoms with E-state index in [0.717, 1.165) is 5.56 Å². The number of hydrogen-bond acceptors (Lipinski definition) is 5. The van der Waals surface area contributed by atoms with Crippen LogP contribution >= 0.6 is 11.6 Å². The van der Waals surface area contributed by atoms with Crippen LogP contribution in [0.25, 0.3) is 0 Å². The summed E-state index contributed by atoms with van der Waals surface area (Å²) < 4.78 is 15.9. The summed E-state index contributed by atoms with van der Waals surface area (Å²) in [5.41, 5.74) is 1.04. The van der Waals surface area contributed by atoms with Gasteiger partial charge in [-0.2, -0.15) is 0 Å². The third-order valence-corrected chi connectivity index (χ3v) is 4.13. The van der Waals surface area contributed by atoms with Crippen molar-refractivity contribution in [1.82, 2.24) is 5.32 Å². The van der Waals surface area contributed by atoms with Crippen molar-refractivity contribution < 1.29 is 23.8 Å². The highest BCUT2D eigenvalue weighted by Crippen LogP contribution is 2.28. The molecular weight excluding hydrogens is 370 g/mol. The Bertz CT molecular complexity index is 809. The number of esters is 1. The molecule has 2 aromatic carbocycles. The standard InChI is InChI=1S/C20H22ClNO5/c1-4-26-17-10-9-14(11-18(17)25-3)20(24)27-13(2)19(23)22-12-15-7-5-6-8-16(15)21/h5-11,13H,4,12H2,1-3H3,(H,22,23)/t13-/m1/s1. The third-order valence-electron chi connectivity index (χ3n) is 3.76. The van der Waals surface area contributed by atoms with Crippen LogP contribution in [0.4, 0.5) is 0 Å². The molecule has 0 radical (unpaired) electrons. The van der Waals surface area contributed by atoms with E-state index in [2.05, 4.69) is 5.32 Å². The third kappa shape index (κ3) is 5.62.